The van der Waals surface area contributed by atoms with Gasteiger partial charge < -0.3 is 10.1 Å². The number of methoxy groups -OCH3 is 1. The van der Waals surface area contributed by atoms with Gasteiger partial charge in [0.25, 0.3) is 5.56 Å². The Bertz CT molecular complexity index is 986. The number of carbonyl (C=O) groups is 1. The first-order chi connectivity index (χ1) is 13.1. The quantitative estimate of drug-likeness (QED) is 0.524. The zero-order valence-corrected chi connectivity index (χ0v) is 15.8. The van der Waals surface area contributed by atoms with Crippen LogP contribution in [-0.4, -0.2) is 28.3 Å². The lowest BCUT2D eigenvalue weighted by Crippen LogP contribution is -2.22. The van der Waals surface area contributed by atoms with Crippen LogP contribution in [0.3, 0.4) is 0 Å². The maximum absolute atomic E-state index is 12.5. The Kier molecular flexibility index (Phi) is 5.93. The fraction of sp³-hybridized carbons (Fsp3) is 0.150. The minimum absolute atomic E-state index is 0.134. The fourth-order valence-electron chi connectivity index (χ4n) is 2.48. The molecule has 6 nitrogen and oxygen atoms in total. The second-order valence-corrected chi connectivity index (χ2v) is 6.70. The Hall–Kier alpha value is -3.06. The molecule has 2 aromatic carbocycles. The van der Waals surface area contributed by atoms with E-state index in [0.29, 0.717) is 22.2 Å². The minimum atomic E-state index is -0.180. The first-order valence-electron chi connectivity index (χ1n) is 8.29. The summed E-state index contributed by atoms with van der Waals surface area (Å²) in [4.78, 5) is 29.2. The molecule has 0 saturated carbocycles. The molecule has 0 atom stereocenters. The maximum Gasteiger partial charge on any atom is 0.258 e. The Morgan fingerprint density at radius 2 is 1.85 bits per heavy atom. The molecule has 0 radical (unpaired) electrons. The smallest absolute Gasteiger partial charge is 0.258 e. The number of aromatic nitrogens is 2. The second-order valence-electron chi connectivity index (χ2n) is 5.75. The summed E-state index contributed by atoms with van der Waals surface area (Å²) in [7, 11) is 1.59. The van der Waals surface area contributed by atoms with E-state index in [9.17, 15) is 9.59 Å². The van der Waals surface area contributed by atoms with E-state index >= 15 is 0 Å². The van der Waals surface area contributed by atoms with Crippen molar-refractivity contribution in [3.05, 3.63) is 76.7 Å². The zero-order valence-electron chi connectivity index (χ0n) is 15.0. The van der Waals surface area contributed by atoms with Gasteiger partial charge in [-0.1, -0.05) is 30.0 Å². The topological polar surface area (TPSA) is 73.2 Å². The third-order valence-electron chi connectivity index (χ3n) is 3.74. The van der Waals surface area contributed by atoms with Crippen LogP contribution < -0.4 is 15.6 Å². The van der Waals surface area contributed by atoms with Crippen molar-refractivity contribution in [1.82, 2.24) is 9.55 Å². The first kappa shape index (κ1) is 18.7. The number of hydrogen-bond acceptors (Lipinski definition) is 5. The number of ether oxygens (including phenoxy) is 1. The van der Waals surface area contributed by atoms with Gasteiger partial charge in [0.05, 0.1) is 18.6 Å². The van der Waals surface area contributed by atoms with Gasteiger partial charge >= 0.3 is 0 Å². The molecule has 0 aliphatic heterocycles. The minimum Gasteiger partial charge on any atom is -0.497 e. The molecule has 0 bridgehead atoms. The van der Waals surface area contributed by atoms with Crippen LogP contribution in [0, 0.1) is 6.92 Å². The lowest BCUT2D eigenvalue weighted by atomic mass is 10.3. The van der Waals surface area contributed by atoms with Gasteiger partial charge in [-0.15, -0.1) is 0 Å². The molecule has 0 aliphatic carbocycles. The van der Waals surface area contributed by atoms with E-state index in [-0.39, 0.29) is 17.2 Å². The SMILES string of the molecule is COc1ccc(NC(=O)CSc2nc(C)cc(=O)n2-c2ccccc2)cc1. The summed E-state index contributed by atoms with van der Waals surface area (Å²) in [6.45, 7) is 1.76. The number of nitrogens with zero attached hydrogens (tertiary/aromatic N) is 2. The molecule has 0 saturated heterocycles. The predicted octanol–water partition coefficient (Wildman–Crippen LogP) is 3.28. The summed E-state index contributed by atoms with van der Waals surface area (Å²) in [6, 6.07) is 17.8. The normalized spacial score (nSPS) is 10.4. The molecule has 0 aliphatic rings. The highest BCUT2D eigenvalue weighted by Crippen LogP contribution is 2.20. The number of nitrogens with one attached hydrogen (secondary N) is 1. The Balaban J connectivity index is 1.75. The van der Waals surface area contributed by atoms with E-state index in [2.05, 4.69) is 10.3 Å². The maximum atomic E-state index is 12.5. The highest BCUT2D eigenvalue weighted by atomic mass is 32.2. The molecule has 3 aromatic rings. The fourth-order valence-corrected chi connectivity index (χ4v) is 3.35. The molecule has 0 spiro atoms. The van der Waals surface area contributed by atoms with Crippen molar-refractivity contribution in [2.24, 2.45) is 0 Å². The van der Waals surface area contributed by atoms with Gasteiger partial charge in [-0.05, 0) is 43.3 Å². The van der Waals surface area contributed by atoms with Gasteiger partial charge in [0, 0.05) is 17.4 Å². The van der Waals surface area contributed by atoms with E-state index < -0.39 is 0 Å². The average molecular weight is 381 g/mol. The number of amides is 1. The largest absolute Gasteiger partial charge is 0.497 e. The zero-order chi connectivity index (χ0) is 19.2. The van der Waals surface area contributed by atoms with Crippen molar-refractivity contribution in [3.8, 4) is 11.4 Å². The summed E-state index contributed by atoms with van der Waals surface area (Å²) in [6.07, 6.45) is 0. The molecule has 1 heterocycles. The van der Waals surface area contributed by atoms with Crippen LogP contribution >= 0.6 is 11.8 Å². The molecule has 138 valence electrons. The summed E-state index contributed by atoms with van der Waals surface area (Å²) in [5.74, 6) is 0.674. The van der Waals surface area contributed by atoms with Crippen LogP contribution in [-0.2, 0) is 4.79 Å². The molecular formula is C20H19N3O3S. The van der Waals surface area contributed by atoms with E-state index in [0.717, 1.165) is 5.75 Å². The van der Waals surface area contributed by atoms with Crippen molar-refractivity contribution >= 4 is 23.4 Å². The van der Waals surface area contributed by atoms with Crippen molar-refractivity contribution < 1.29 is 9.53 Å². The molecule has 1 N–H and O–H groups in total. The highest BCUT2D eigenvalue weighted by Gasteiger charge is 2.12. The number of para-hydroxylation sites is 1. The highest BCUT2D eigenvalue weighted by molar-refractivity contribution is 7.99. The second kappa shape index (κ2) is 8.55. The lowest BCUT2D eigenvalue weighted by molar-refractivity contribution is -0.113. The number of anilines is 1. The number of thioether (sulfide) groups is 1. The Labute approximate surface area is 161 Å². The first-order valence-corrected chi connectivity index (χ1v) is 9.28. The molecule has 1 amide bonds. The molecule has 7 heteroatoms. The van der Waals surface area contributed by atoms with Gasteiger partial charge in [0.2, 0.25) is 5.91 Å². The average Bonchev–Trinajstić information content (AvgIpc) is 2.67. The van der Waals surface area contributed by atoms with E-state index in [1.165, 1.54) is 22.4 Å². The van der Waals surface area contributed by atoms with Gasteiger partial charge in [-0.25, -0.2) is 4.98 Å². The summed E-state index contributed by atoms with van der Waals surface area (Å²) in [5.41, 5.74) is 1.84. The number of aryl methyl sites for hydroxylation is 1. The van der Waals surface area contributed by atoms with Gasteiger partial charge in [-0.2, -0.15) is 0 Å². The van der Waals surface area contributed by atoms with Crippen LogP contribution in [0.4, 0.5) is 5.69 Å². The molecule has 0 fully saturated rings. The molecule has 3 rings (SSSR count). The van der Waals surface area contributed by atoms with Crippen molar-refractivity contribution in [1.29, 1.82) is 0 Å². The van der Waals surface area contributed by atoms with E-state index in [1.54, 1.807) is 38.3 Å². The third-order valence-corrected chi connectivity index (χ3v) is 4.68. The monoisotopic (exact) mass is 381 g/mol. The van der Waals surface area contributed by atoms with Crippen molar-refractivity contribution in [3.63, 3.8) is 0 Å². The number of rotatable bonds is 6. The van der Waals surface area contributed by atoms with E-state index in [1.807, 2.05) is 30.3 Å². The standard InChI is InChI=1S/C20H19N3O3S/c1-14-12-19(25)23(16-6-4-3-5-7-16)20(21-14)27-13-18(24)22-15-8-10-17(26-2)11-9-15/h3-12H,13H2,1-2H3,(H,22,24). The van der Waals surface area contributed by atoms with Crippen LogP contribution in [0.2, 0.25) is 0 Å². The number of carbonyl (C=O) groups excluding carboxylic acids is 1. The van der Waals surface area contributed by atoms with Crippen molar-refractivity contribution in [2.75, 3.05) is 18.2 Å². The van der Waals surface area contributed by atoms with E-state index in [4.69, 9.17) is 4.74 Å². The Morgan fingerprint density at radius 3 is 2.52 bits per heavy atom. The van der Waals surface area contributed by atoms with Gasteiger partial charge in [0.1, 0.15) is 5.75 Å². The van der Waals surface area contributed by atoms with Crippen LogP contribution in [0.5, 0.6) is 5.75 Å². The van der Waals surface area contributed by atoms with Gasteiger partial charge in [-0.3, -0.25) is 14.2 Å². The summed E-state index contributed by atoms with van der Waals surface area (Å²) < 4.78 is 6.61. The Morgan fingerprint density at radius 1 is 1.15 bits per heavy atom. The van der Waals surface area contributed by atoms with Crippen molar-refractivity contribution in [2.45, 2.75) is 12.1 Å². The molecular weight excluding hydrogens is 362 g/mol. The van der Waals surface area contributed by atoms with Crippen LogP contribution in [0.15, 0.2) is 70.6 Å². The molecule has 0 unspecified atom stereocenters. The number of benzene rings is 2. The van der Waals surface area contributed by atoms with Gasteiger partial charge in [0.15, 0.2) is 5.16 Å². The number of hydrogen-bond donors (Lipinski definition) is 1. The summed E-state index contributed by atoms with van der Waals surface area (Å²) in [5, 5.41) is 3.30. The van der Waals surface area contributed by atoms with Crippen LogP contribution in [0.1, 0.15) is 5.69 Å². The molecule has 27 heavy (non-hydrogen) atoms. The molecule has 1 aromatic heterocycles. The van der Waals surface area contributed by atoms with Crippen LogP contribution in [0.25, 0.3) is 5.69 Å². The predicted molar refractivity (Wildman–Crippen MR) is 107 cm³/mol. The lowest BCUT2D eigenvalue weighted by Gasteiger charge is -2.12. The summed E-state index contributed by atoms with van der Waals surface area (Å²) >= 11 is 1.22. The third kappa shape index (κ3) is 4.77.